The predicted molar refractivity (Wildman–Crippen MR) is 60.6 cm³/mol. The molecule has 0 spiro atoms. The molecule has 2 rings (SSSR count). The third kappa shape index (κ3) is 2.09. The van der Waals surface area contributed by atoms with Crippen LogP contribution >= 0.6 is 15.9 Å². The summed E-state index contributed by atoms with van der Waals surface area (Å²) < 4.78 is 26.4. The summed E-state index contributed by atoms with van der Waals surface area (Å²) in [7, 11) is 0. The van der Waals surface area contributed by atoms with Crippen LogP contribution in [0.25, 0.3) is 0 Å². The summed E-state index contributed by atoms with van der Waals surface area (Å²) in [5.74, 6) is -1.10. The van der Waals surface area contributed by atoms with E-state index >= 15 is 0 Å². The van der Waals surface area contributed by atoms with Crippen LogP contribution in [0.15, 0.2) is 18.2 Å². The molecule has 1 atom stereocenters. The lowest BCUT2D eigenvalue weighted by atomic mass is 10.2. The molecule has 86 valence electrons. The van der Waals surface area contributed by atoms with Gasteiger partial charge in [0, 0.05) is 24.4 Å². The Hall–Kier alpha value is -0.970. The fraction of sp³-hybridized carbons (Fsp3) is 0.364. The summed E-state index contributed by atoms with van der Waals surface area (Å²) in [6.07, 6.45) is 0.376. The number of hydrogen-bond acceptors (Lipinski definition) is 1. The van der Waals surface area contributed by atoms with Gasteiger partial charge in [0.15, 0.2) is 0 Å². The maximum absolute atomic E-state index is 13.5. The molecule has 1 fully saturated rings. The molecule has 2 nitrogen and oxygen atoms in total. The fourth-order valence-electron chi connectivity index (χ4n) is 1.81. The van der Waals surface area contributed by atoms with Gasteiger partial charge in [0.25, 0.3) is 0 Å². The van der Waals surface area contributed by atoms with Crippen molar-refractivity contribution < 1.29 is 13.6 Å². The summed E-state index contributed by atoms with van der Waals surface area (Å²) in [5.41, 5.74) is 0.0356. The van der Waals surface area contributed by atoms with Crippen molar-refractivity contribution >= 4 is 27.5 Å². The molecule has 5 heteroatoms. The van der Waals surface area contributed by atoms with Gasteiger partial charge in [0.1, 0.15) is 11.6 Å². The Bertz CT molecular complexity index is 424. The van der Waals surface area contributed by atoms with Gasteiger partial charge in [-0.2, -0.15) is 0 Å². The molecule has 0 aromatic heterocycles. The molecule has 0 aliphatic carbocycles. The highest BCUT2D eigenvalue weighted by Crippen LogP contribution is 2.28. The number of carbonyl (C=O) groups is 1. The first-order valence-corrected chi connectivity index (χ1v) is 6.05. The third-order valence-electron chi connectivity index (χ3n) is 2.62. The summed E-state index contributed by atoms with van der Waals surface area (Å²) in [4.78, 5) is 12.9. The molecule has 16 heavy (non-hydrogen) atoms. The molecule has 0 bridgehead atoms. The van der Waals surface area contributed by atoms with Crippen molar-refractivity contribution in [2.24, 2.45) is 5.92 Å². The van der Waals surface area contributed by atoms with Crippen LogP contribution in [0.3, 0.4) is 0 Å². The molecule has 1 heterocycles. The molecule has 1 aliphatic heterocycles. The minimum Gasteiger partial charge on any atom is -0.309 e. The molecule has 1 saturated heterocycles. The van der Waals surface area contributed by atoms with Gasteiger partial charge in [0.2, 0.25) is 5.91 Å². The average Bonchev–Trinajstić information content (AvgIpc) is 2.63. The van der Waals surface area contributed by atoms with Gasteiger partial charge in [-0.15, -0.1) is 0 Å². The van der Waals surface area contributed by atoms with Gasteiger partial charge in [-0.05, 0) is 18.1 Å². The minimum atomic E-state index is -0.565. The van der Waals surface area contributed by atoms with Crippen molar-refractivity contribution in [3.05, 3.63) is 29.8 Å². The Labute approximate surface area is 100 Å². The highest BCUT2D eigenvalue weighted by atomic mass is 79.9. The van der Waals surface area contributed by atoms with Crippen LogP contribution in [0.1, 0.15) is 6.42 Å². The zero-order valence-corrected chi connectivity index (χ0v) is 10.0. The molecule has 0 N–H and O–H groups in total. The first-order chi connectivity index (χ1) is 7.61. The number of alkyl halides is 1. The van der Waals surface area contributed by atoms with Crippen LogP contribution in [0.2, 0.25) is 0 Å². The molecular weight excluding hydrogens is 280 g/mol. The number of carbonyl (C=O) groups excluding carboxylic acids is 1. The van der Waals surface area contributed by atoms with Crippen molar-refractivity contribution in [1.82, 2.24) is 0 Å². The smallest absolute Gasteiger partial charge is 0.227 e. The lowest BCUT2D eigenvalue weighted by Crippen LogP contribution is -2.25. The topological polar surface area (TPSA) is 20.3 Å². The minimum absolute atomic E-state index is 0.0356. The molecule has 0 saturated carbocycles. The Morgan fingerprint density at radius 1 is 1.44 bits per heavy atom. The predicted octanol–water partition coefficient (Wildman–Crippen LogP) is 2.71. The van der Waals surface area contributed by atoms with Gasteiger partial charge >= 0.3 is 0 Å². The second-order valence-electron chi connectivity index (χ2n) is 3.82. The number of anilines is 1. The van der Waals surface area contributed by atoms with Crippen molar-refractivity contribution in [3.8, 4) is 0 Å². The van der Waals surface area contributed by atoms with Crippen molar-refractivity contribution in [2.75, 3.05) is 16.8 Å². The van der Waals surface area contributed by atoms with E-state index in [4.69, 9.17) is 0 Å². The van der Waals surface area contributed by atoms with Crippen LogP contribution in [-0.2, 0) is 4.79 Å². The molecule has 1 aromatic carbocycles. The van der Waals surface area contributed by atoms with E-state index in [1.54, 1.807) is 0 Å². The normalized spacial score (nSPS) is 20.6. The standard InChI is InChI=1S/C11H10BrF2NO/c12-5-7-3-11(16)15(6-7)10-4-8(13)1-2-9(10)14/h1-2,4,7H,3,5-6H2. The fourth-order valence-corrected chi connectivity index (χ4v) is 2.24. The van der Waals surface area contributed by atoms with E-state index < -0.39 is 11.6 Å². The van der Waals surface area contributed by atoms with Crippen LogP contribution in [0, 0.1) is 17.6 Å². The number of nitrogens with zero attached hydrogens (tertiary/aromatic N) is 1. The van der Waals surface area contributed by atoms with Crippen LogP contribution < -0.4 is 4.90 Å². The number of benzene rings is 1. The second kappa shape index (κ2) is 4.49. The molecule has 1 aliphatic rings. The first-order valence-electron chi connectivity index (χ1n) is 4.93. The van der Waals surface area contributed by atoms with E-state index in [-0.39, 0.29) is 17.5 Å². The van der Waals surface area contributed by atoms with Crippen LogP contribution in [0.4, 0.5) is 14.5 Å². The van der Waals surface area contributed by atoms with Crippen LogP contribution in [0.5, 0.6) is 0 Å². The first kappa shape index (κ1) is 11.5. The molecular formula is C11H10BrF2NO. The van der Waals surface area contributed by atoms with Crippen molar-refractivity contribution in [3.63, 3.8) is 0 Å². The zero-order chi connectivity index (χ0) is 11.7. The summed E-state index contributed by atoms with van der Waals surface area (Å²) in [5, 5.41) is 0.687. The number of hydrogen-bond donors (Lipinski definition) is 0. The Kier molecular flexibility index (Phi) is 3.23. The quantitative estimate of drug-likeness (QED) is 0.767. The Morgan fingerprint density at radius 3 is 2.81 bits per heavy atom. The summed E-state index contributed by atoms with van der Waals surface area (Å²) in [6, 6.07) is 3.14. The molecule has 0 radical (unpaired) electrons. The Morgan fingerprint density at radius 2 is 2.19 bits per heavy atom. The van der Waals surface area contributed by atoms with Gasteiger partial charge < -0.3 is 4.90 Å². The molecule has 1 unspecified atom stereocenters. The molecule has 1 aromatic rings. The third-order valence-corrected chi connectivity index (χ3v) is 3.54. The SMILES string of the molecule is O=C1CC(CBr)CN1c1cc(F)ccc1F. The van der Waals surface area contributed by atoms with E-state index in [9.17, 15) is 13.6 Å². The van der Waals surface area contributed by atoms with E-state index in [0.29, 0.717) is 18.3 Å². The van der Waals surface area contributed by atoms with Gasteiger partial charge in [-0.25, -0.2) is 8.78 Å². The highest BCUT2D eigenvalue weighted by Gasteiger charge is 2.31. The number of halogens is 3. The van der Waals surface area contributed by atoms with E-state index in [2.05, 4.69) is 15.9 Å². The van der Waals surface area contributed by atoms with E-state index in [1.807, 2.05) is 0 Å². The maximum Gasteiger partial charge on any atom is 0.227 e. The largest absolute Gasteiger partial charge is 0.309 e. The van der Waals surface area contributed by atoms with Gasteiger partial charge in [0.05, 0.1) is 5.69 Å². The van der Waals surface area contributed by atoms with Gasteiger partial charge in [-0.3, -0.25) is 4.79 Å². The summed E-state index contributed by atoms with van der Waals surface area (Å²) in [6.45, 7) is 0.435. The summed E-state index contributed by atoms with van der Waals surface area (Å²) >= 11 is 3.29. The maximum atomic E-state index is 13.5. The van der Waals surface area contributed by atoms with E-state index in [1.165, 1.54) is 4.90 Å². The second-order valence-corrected chi connectivity index (χ2v) is 4.47. The highest BCUT2D eigenvalue weighted by molar-refractivity contribution is 9.09. The number of amides is 1. The average molecular weight is 290 g/mol. The Balaban J connectivity index is 2.30. The van der Waals surface area contributed by atoms with Crippen molar-refractivity contribution in [1.29, 1.82) is 0 Å². The molecule has 1 amide bonds. The van der Waals surface area contributed by atoms with Gasteiger partial charge in [-0.1, -0.05) is 15.9 Å². The van der Waals surface area contributed by atoms with Crippen molar-refractivity contribution in [2.45, 2.75) is 6.42 Å². The zero-order valence-electron chi connectivity index (χ0n) is 8.42. The van der Waals surface area contributed by atoms with E-state index in [0.717, 1.165) is 18.2 Å². The lowest BCUT2D eigenvalue weighted by Gasteiger charge is -2.17. The lowest BCUT2D eigenvalue weighted by molar-refractivity contribution is -0.117. The van der Waals surface area contributed by atoms with Crippen LogP contribution in [-0.4, -0.2) is 17.8 Å². The monoisotopic (exact) mass is 289 g/mol. The number of rotatable bonds is 2.